The van der Waals surface area contributed by atoms with E-state index < -0.39 is 0 Å². The lowest BCUT2D eigenvalue weighted by molar-refractivity contribution is 0.0776. The summed E-state index contributed by atoms with van der Waals surface area (Å²) in [6.07, 6.45) is -0.318. The number of fused-ring (bicyclic) bond motifs is 1. The minimum atomic E-state index is -0.318. The van der Waals surface area contributed by atoms with Gasteiger partial charge in [0.2, 0.25) is 11.2 Å². The standard InChI is InChI=1S/C25H28N2O7/c1-4-32-25(30)27-13-11-26(12-14-27)15-20-21(28)10-9-19-22(29)23(16(2)33-24(19)20)34-18-7-5-17(31-3)6-8-18/h5-10,28H,4,11-15H2,1-3H3. The Morgan fingerprint density at radius 2 is 1.74 bits per heavy atom. The van der Waals surface area contributed by atoms with Gasteiger partial charge in [0.15, 0.2) is 0 Å². The molecule has 1 N–H and O–H groups in total. The van der Waals surface area contributed by atoms with Crippen molar-refractivity contribution in [3.63, 3.8) is 0 Å². The van der Waals surface area contributed by atoms with Crippen molar-refractivity contribution in [3.05, 3.63) is 57.9 Å². The second-order valence-corrected chi connectivity index (χ2v) is 8.00. The van der Waals surface area contributed by atoms with Gasteiger partial charge in [-0.15, -0.1) is 0 Å². The summed E-state index contributed by atoms with van der Waals surface area (Å²) in [4.78, 5) is 28.9. The summed E-state index contributed by atoms with van der Waals surface area (Å²) >= 11 is 0. The highest BCUT2D eigenvalue weighted by atomic mass is 16.6. The zero-order valence-corrected chi connectivity index (χ0v) is 19.5. The number of hydrogen-bond donors (Lipinski definition) is 1. The highest BCUT2D eigenvalue weighted by Gasteiger charge is 2.25. The molecule has 9 heteroatoms. The lowest BCUT2D eigenvalue weighted by Crippen LogP contribution is -2.48. The zero-order chi connectivity index (χ0) is 24.2. The molecule has 34 heavy (non-hydrogen) atoms. The highest BCUT2D eigenvalue weighted by molar-refractivity contribution is 5.83. The first-order valence-corrected chi connectivity index (χ1v) is 11.2. The number of methoxy groups -OCH3 is 1. The van der Waals surface area contributed by atoms with Gasteiger partial charge in [-0.1, -0.05) is 0 Å². The number of ether oxygens (including phenoxy) is 3. The van der Waals surface area contributed by atoms with Crippen molar-refractivity contribution < 1.29 is 28.5 Å². The van der Waals surface area contributed by atoms with Gasteiger partial charge in [-0.3, -0.25) is 9.69 Å². The van der Waals surface area contributed by atoms with Gasteiger partial charge in [0.05, 0.1) is 24.7 Å². The van der Waals surface area contributed by atoms with E-state index in [9.17, 15) is 14.7 Å². The van der Waals surface area contributed by atoms with Crippen LogP contribution in [-0.2, 0) is 11.3 Å². The summed E-state index contributed by atoms with van der Waals surface area (Å²) < 4.78 is 22.1. The normalized spacial score (nSPS) is 14.3. The van der Waals surface area contributed by atoms with Crippen molar-refractivity contribution in [2.24, 2.45) is 0 Å². The maximum Gasteiger partial charge on any atom is 0.409 e. The molecule has 0 radical (unpaired) electrons. The summed E-state index contributed by atoms with van der Waals surface area (Å²) in [6, 6.07) is 9.94. The summed E-state index contributed by atoms with van der Waals surface area (Å²) in [5, 5.41) is 10.9. The van der Waals surface area contributed by atoms with Crippen LogP contribution in [0.1, 0.15) is 18.2 Å². The van der Waals surface area contributed by atoms with Gasteiger partial charge in [-0.2, -0.15) is 0 Å². The molecule has 1 fully saturated rings. The molecule has 3 aromatic rings. The molecule has 0 spiro atoms. The smallest absolute Gasteiger partial charge is 0.409 e. The first-order valence-electron chi connectivity index (χ1n) is 11.2. The van der Waals surface area contributed by atoms with E-state index in [2.05, 4.69) is 4.90 Å². The van der Waals surface area contributed by atoms with Crippen LogP contribution in [-0.4, -0.2) is 60.9 Å². The van der Waals surface area contributed by atoms with E-state index in [0.29, 0.717) is 73.1 Å². The summed E-state index contributed by atoms with van der Waals surface area (Å²) in [7, 11) is 1.57. The van der Waals surface area contributed by atoms with E-state index >= 15 is 0 Å². The SMILES string of the molecule is CCOC(=O)N1CCN(Cc2c(O)ccc3c(=O)c(Oc4ccc(OC)cc4)c(C)oc23)CC1. The number of aromatic hydroxyl groups is 1. The first kappa shape index (κ1) is 23.4. The lowest BCUT2D eigenvalue weighted by Gasteiger charge is -2.34. The van der Waals surface area contributed by atoms with Crippen LogP contribution in [0.4, 0.5) is 4.79 Å². The Hall–Kier alpha value is -3.72. The molecule has 1 saturated heterocycles. The lowest BCUT2D eigenvalue weighted by atomic mass is 10.1. The van der Waals surface area contributed by atoms with Crippen molar-refractivity contribution in [2.45, 2.75) is 20.4 Å². The zero-order valence-electron chi connectivity index (χ0n) is 19.5. The maximum absolute atomic E-state index is 13.2. The molecule has 0 aliphatic carbocycles. The number of rotatable bonds is 6. The van der Waals surface area contributed by atoms with Crippen molar-refractivity contribution >= 4 is 17.1 Å². The van der Waals surface area contributed by atoms with Crippen LogP contribution in [0, 0.1) is 6.92 Å². The highest BCUT2D eigenvalue weighted by Crippen LogP contribution is 2.32. The number of hydrogen-bond acceptors (Lipinski definition) is 8. The molecular weight excluding hydrogens is 440 g/mol. The second-order valence-electron chi connectivity index (χ2n) is 8.00. The number of carbonyl (C=O) groups excluding carboxylic acids is 1. The fourth-order valence-corrected chi connectivity index (χ4v) is 3.95. The fourth-order valence-electron chi connectivity index (χ4n) is 3.95. The van der Waals surface area contributed by atoms with Gasteiger partial charge in [0.25, 0.3) is 0 Å². The minimum absolute atomic E-state index is 0.0479. The molecule has 1 aliphatic rings. The molecule has 1 aromatic heterocycles. The number of phenolic OH excluding ortho intramolecular Hbond substituents is 1. The molecule has 9 nitrogen and oxygen atoms in total. The number of piperazine rings is 1. The van der Waals surface area contributed by atoms with Crippen molar-refractivity contribution in [3.8, 4) is 23.0 Å². The quantitative estimate of drug-likeness (QED) is 0.582. The monoisotopic (exact) mass is 468 g/mol. The van der Waals surface area contributed by atoms with Crippen LogP contribution in [0.3, 0.4) is 0 Å². The van der Waals surface area contributed by atoms with Crippen molar-refractivity contribution in [1.29, 1.82) is 0 Å². The van der Waals surface area contributed by atoms with Crippen molar-refractivity contribution in [2.75, 3.05) is 39.9 Å². The van der Waals surface area contributed by atoms with Crippen LogP contribution < -0.4 is 14.9 Å². The Labute approximate surface area is 197 Å². The average molecular weight is 469 g/mol. The third-order valence-corrected chi connectivity index (χ3v) is 5.82. The largest absolute Gasteiger partial charge is 0.507 e. The molecule has 1 aliphatic heterocycles. The van der Waals surface area contributed by atoms with Crippen LogP contribution in [0.2, 0.25) is 0 Å². The summed E-state index contributed by atoms with van der Waals surface area (Å²) in [6.45, 7) is 6.41. The van der Waals surface area contributed by atoms with Crippen LogP contribution >= 0.6 is 0 Å². The maximum atomic E-state index is 13.2. The summed E-state index contributed by atoms with van der Waals surface area (Å²) in [5.74, 6) is 1.61. The number of phenols is 1. The Kier molecular flexibility index (Phi) is 6.93. The van der Waals surface area contributed by atoms with Gasteiger partial charge in [-0.25, -0.2) is 4.79 Å². The molecule has 180 valence electrons. The third kappa shape index (κ3) is 4.79. The molecule has 0 unspecified atom stereocenters. The number of carbonyl (C=O) groups is 1. The van der Waals surface area contributed by atoms with E-state index in [1.807, 2.05) is 0 Å². The van der Waals surface area contributed by atoms with Gasteiger partial charge in [-0.05, 0) is 50.2 Å². The number of benzene rings is 2. The Morgan fingerprint density at radius 3 is 2.38 bits per heavy atom. The molecule has 4 rings (SSSR count). The van der Waals surface area contributed by atoms with E-state index in [1.165, 1.54) is 6.07 Å². The van der Waals surface area contributed by atoms with Gasteiger partial charge in [0, 0.05) is 32.7 Å². The number of aryl methyl sites for hydroxylation is 1. The number of amides is 1. The van der Waals surface area contributed by atoms with Crippen molar-refractivity contribution in [1.82, 2.24) is 9.80 Å². The Bertz CT molecular complexity index is 1230. The van der Waals surface area contributed by atoms with Crippen LogP contribution in [0.5, 0.6) is 23.0 Å². The molecule has 1 amide bonds. The van der Waals surface area contributed by atoms with E-state index in [0.717, 1.165) is 0 Å². The van der Waals surface area contributed by atoms with Gasteiger partial charge < -0.3 is 28.6 Å². The predicted octanol–water partition coefficient (Wildman–Crippen LogP) is 3.88. The van der Waals surface area contributed by atoms with E-state index in [-0.39, 0.29) is 23.0 Å². The number of nitrogens with zero attached hydrogens (tertiary/aromatic N) is 2. The van der Waals surface area contributed by atoms with E-state index in [1.54, 1.807) is 56.2 Å². The molecule has 0 bridgehead atoms. The third-order valence-electron chi connectivity index (χ3n) is 5.82. The van der Waals surface area contributed by atoms with Crippen LogP contribution in [0.15, 0.2) is 45.6 Å². The molecule has 0 atom stereocenters. The fraction of sp³-hybridized carbons (Fsp3) is 0.360. The van der Waals surface area contributed by atoms with Gasteiger partial charge >= 0.3 is 6.09 Å². The summed E-state index contributed by atoms with van der Waals surface area (Å²) in [5.41, 5.74) is 0.540. The Morgan fingerprint density at radius 1 is 1.06 bits per heavy atom. The minimum Gasteiger partial charge on any atom is -0.507 e. The van der Waals surface area contributed by atoms with E-state index in [4.69, 9.17) is 18.6 Å². The average Bonchev–Trinajstić information content (AvgIpc) is 2.84. The molecule has 2 heterocycles. The second kappa shape index (κ2) is 10.0. The predicted molar refractivity (Wildman–Crippen MR) is 126 cm³/mol. The molecule has 0 saturated carbocycles. The molecule has 2 aromatic carbocycles. The van der Waals surface area contributed by atoms with Gasteiger partial charge in [0.1, 0.15) is 28.6 Å². The Balaban J connectivity index is 1.58. The molecular formula is C25H28N2O7. The van der Waals surface area contributed by atoms with Crippen LogP contribution in [0.25, 0.3) is 11.0 Å². The topological polar surface area (TPSA) is 102 Å². The first-order chi connectivity index (χ1) is 16.4.